The Bertz CT molecular complexity index is 71.0. The molecule has 0 unspecified atom stereocenters. The molecule has 1 aliphatic heterocycles. The van der Waals surface area contributed by atoms with Gasteiger partial charge in [0.15, 0.2) is 0 Å². The second-order valence-corrected chi connectivity index (χ2v) is 1.69. The van der Waals surface area contributed by atoms with Gasteiger partial charge in [-0.25, -0.2) is 5.26 Å². The summed E-state index contributed by atoms with van der Waals surface area (Å²) in [6.45, 7) is 3.50. The molecule has 0 saturated heterocycles. The van der Waals surface area contributed by atoms with Gasteiger partial charge in [-0.1, -0.05) is 6.08 Å². The van der Waals surface area contributed by atoms with Gasteiger partial charge in [0, 0.05) is 18.5 Å². The van der Waals surface area contributed by atoms with Crippen LogP contribution in [-0.4, -0.2) is 5.75 Å². The molecule has 1 aliphatic rings. The van der Waals surface area contributed by atoms with Gasteiger partial charge in [-0.15, -0.1) is 0 Å². The van der Waals surface area contributed by atoms with Crippen LogP contribution in [0.3, 0.4) is 0 Å². The lowest BCUT2D eigenvalue weighted by atomic mass is 10.7. The first kappa shape index (κ1) is 6.38. The van der Waals surface area contributed by atoms with Crippen LogP contribution in [0.1, 0.15) is 0 Å². The Morgan fingerprint density at radius 2 is 2.43 bits per heavy atom. The average Bonchev–Trinajstić information content (AvgIpc) is 2.23. The summed E-state index contributed by atoms with van der Waals surface area (Å²) < 4.78 is 2.96. The summed E-state index contributed by atoms with van der Waals surface area (Å²) in [7, 11) is 0. The summed E-state index contributed by atoms with van der Waals surface area (Å²) in [5, 5.41) is 6.50. The van der Waals surface area contributed by atoms with Crippen LogP contribution >= 0.6 is 11.9 Å². The molecule has 2 nitrogen and oxygen atoms in total. The van der Waals surface area contributed by atoms with E-state index in [1.165, 1.54) is 0 Å². The van der Waals surface area contributed by atoms with Gasteiger partial charge in [0.2, 0.25) is 0 Å². The van der Waals surface area contributed by atoms with E-state index in [0.717, 1.165) is 5.75 Å². The third-order valence-electron chi connectivity index (χ3n) is 0.449. The van der Waals surface area contributed by atoms with E-state index < -0.39 is 0 Å². The highest BCUT2D eigenvalue weighted by Crippen LogP contribution is 1.98. The number of hydrogen-bond acceptors (Lipinski definition) is 3. The fourth-order valence-electron chi connectivity index (χ4n) is 0.241. The number of hydrogen-bond donors (Lipinski definition) is 1. The SMILES string of the molecule is C#N.C1=CNSC1. The highest BCUT2D eigenvalue weighted by Gasteiger charge is 1.82. The summed E-state index contributed by atoms with van der Waals surface area (Å²) in [6, 6.07) is 0. The zero-order chi connectivity index (χ0) is 5.54. The molecular weight excluding hydrogens is 108 g/mol. The largest absolute Gasteiger partial charge is 0.337 e. The Balaban J connectivity index is 0.000000162. The molecule has 0 aromatic carbocycles. The fraction of sp³-hybridized carbons (Fsp3) is 0.250. The van der Waals surface area contributed by atoms with Crippen molar-refractivity contribution >= 4 is 11.9 Å². The van der Waals surface area contributed by atoms with E-state index in [1.54, 1.807) is 11.9 Å². The van der Waals surface area contributed by atoms with Crippen molar-refractivity contribution in [3.05, 3.63) is 12.3 Å². The Morgan fingerprint density at radius 1 is 1.71 bits per heavy atom. The van der Waals surface area contributed by atoms with Crippen LogP contribution in [0, 0.1) is 11.8 Å². The molecule has 0 aliphatic carbocycles. The van der Waals surface area contributed by atoms with Crippen molar-refractivity contribution in [1.82, 2.24) is 4.72 Å². The molecule has 0 radical (unpaired) electrons. The van der Waals surface area contributed by atoms with E-state index >= 15 is 0 Å². The van der Waals surface area contributed by atoms with E-state index in [1.807, 2.05) is 6.20 Å². The molecule has 0 bridgehead atoms. The van der Waals surface area contributed by atoms with Crippen molar-refractivity contribution in [3.8, 4) is 6.57 Å². The van der Waals surface area contributed by atoms with Gasteiger partial charge >= 0.3 is 0 Å². The van der Waals surface area contributed by atoms with E-state index in [9.17, 15) is 0 Å². The first-order valence-electron chi connectivity index (χ1n) is 1.78. The topological polar surface area (TPSA) is 35.8 Å². The van der Waals surface area contributed by atoms with Gasteiger partial charge in [0.1, 0.15) is 0 Å². The highest BCUT2D eigenvalue weighted by molar-refractivity contribution is 7.97. The monoisotopic (exact) mass is 114 g/mol. The minimum absolute atomic E-state index is 1.12. The van der Waals surface area contributed by atoms with Gasteiger partial charge < -0.3 is 4.72 Å². The predicted molar refractivity (Wildman–Crippen MR) is 31.4 cm³/mol. The van der Waals surface area contributed by atoms with Gasteiger partial charge in [0.05, 0.1) is 0 Å². The van der Waals surface area contributed by atoms with Crippen LogP contribution in [0.15, 0.2) is 12.3 Å². The number of nitriles is 1. The summed E-state index contributed by atoms with van der Waals surface area (Å²) in [5.74, 6) is 1.12. The maximum Gasteiger partial charge on any atom is 0.0462 e. The molecule has 1 rings (SSSR count). The zero-order valence-corrected chi connectivity index (χ0v) is 4.61. The zero-order valence-electron chi connectivity index (χ0n) is 3.79. The molecule has 1 N–H and O–H groups in total. The molecular formula is C4H6N2S. The van der Waals surface area contributed by atoms with Gasteiger partial charge in [-0.2, -0.15) is 0 Å². The molecule has 0 fully saturated rings. The van der Waals surface area contributed by atoms with Crippen molar-refractivity contribution in [1.29, 1.82) is 5.26 Å². The molecule has 0 amide bonds. The average molecular weight is 114 g/mol. The van der Waals surface area contributed by atoms with E-state index in [2.05, 4.69) is 17.4 Å². The van der Waals surface area contributed by atoms with Gasteiger partial charge in [-0.3, -0.25) is 0 Å². The molecule has 0 aromatic rings. The summed E-state index contributed by atoms with van der Waals surface area (Å²) in [6.07, 6.45) is 4.04. The smallest absolute Gasteiger partial charge is 0.0462 e. The Morgan fingerprint density at radius 3 is 2.57 bits per heavy atom. The number of rotatable bonds is 0. The Labute approximate surface area is 47.3 Å². The summed E-state index contributed by atoms with van der Waals surface area (Å²) >= 11 is 1.71. The normalized spacial score (nSPS) is 14.0. The van der Waals surface area contributed by atoms with Crippen molar-refractivity contribution < 1.29 is 0 Å². The predicted octanol–water partition coefficient (Wildman–Crippen LogP) is 0.891. The van der Waals surface area contributed by atoms with Crippen molar-refractivity contribution in [2.75, 3.05) is 5.75 Å². The van der Waals surface area contributed by atoms with Crippen LogP contribution in [-0.2, 0) is 0 Å². The molecule has 0 saturated carbocycles. The lowest BCUT2D eigenvalue weighted by Crippen LogP contribution is -1.78. The van der Waals surface area contributed by atoms with Crippen LogP contribution in [0.25, 0.3) is 0 Å². The Kier molecular flexibility index (Phi) is 4.90. The number of nitrogens with zero attached hydrogens (tertiary/aromatic N) is 1. The standard InChI is InChI=1S/C3H5NS.CHN/c1-2-4-5-3-1;1-2/h1-2,4H,3H2;1H. The summed E-state index contributed by atoms with van der Waals surface area (Å²) in [4.78, 5) is 0. The quantitative estimate of drug-likeness (QED) is 0.475. The minimum atomic E-state index is 1.12. The van der Waals surface area contributed by atoms with E-state index in [-0.39, 0.29) is 0 Å². The maximum atomic E-state index is 6.50. The highest BCUT2D eigenvalue weighted by atomic mass is 32.2. The third-order valence-corrected chi connectivity index (χ3v) is 1.11. The third kappa shape index (κ3) is 3.20. The van der Waals surface area contributed by atoms with Crippen LogP contribution in [0.2, 0.25) is 0 Å². The molecule has 3 heteroatoms. The second-order valence-electron chi connectivity index (χ2n) is 0.831. The minimum Gasteiger partial charge on any atom is -0.337 e. The van der Waals surface area contributed by atoms with E-state index in [0.29, 0.717) is 0 Å². The number of nitrogens with one attached hydrogen (secondary N) is 1. The molecule has 7 heavy (non-hydrogen) atoms. The fourth-order valence-corrected chi connectivity index (χ4v) is 0.722. The summed E-state index contributed by atoms with van der Waals surface area (Å²) in [5.41, 5.74) is 0. The molecule has 38 valence electrons. The Hall–Kier alpha value is -0.620. The van der Waals surface area contributed by atoms with Crippen LogP contribution in [0.4, 0.5) is 0 Å². The first-order chi connectivity index (χ1) is 3.50. The molecule has 1 heterocycles. The lowest BCUT2D eigenvalue weighted by Gasteiger charge is -1.77. The second kappa shape index (κ2) is 5.38. The molecule has 0 aromatic heterocycles. The molecule has 0 spiro atoms. The maximum absolute atomic E-state index is 6.50. The van der Waals surface area contributed by atoms with E-state index in [4.69, 9.17) is 5.26 Å². The van der Waals surface area contributed by atoms with Crippen molar-refractivity contribution in [3.63, 3.8) is 0 Å². The van der Waals surface area contributed by atoms with Crippen molar-refractivity contribution in [2.24, 2.45) is 0 Å². The van der Waals surface area contributed by atoms with Crippen molar-refractivity contribution in [2.45, 2.75) is 0 Å². The lowest BCUT2D eigenvalue weighted by molar-refractivity contribution is 1.46. The molecule has 0 atom stereocenters. The van der Waals surface area contributed by atoms with Gasteiger partial charge in [-0.05, 0) is 11.9 Å². The first-order valence-corrected chi connectivity index (χ1v) is 2.77. The van der Waals surface area contributed by atoms with Crippen LogP contribution in [0.5, 0.6) is 0 Å². The van der Waals surface area contributed by atoms with Gasteiger partial charge in [0.25, 0.3) is 0 Å². The van der Waals surface area contributed by atoms with Crippen LogP contribution < -0.4 is 4.72 Å².